The molecule has 0 nitrogen and oxygen atoms in total. The Hall–Kier alpha value is -1.04. The molecule has 0 heterocycles. The van der Waals surface area contributed by atoms with E-state index in [9.17, 15) is 0 Å². The highest BCUT2D eigenvalue weighted by Crippen LogP contribution is 2.31. The van der Waals surface area contributed by atoms with Crippen LogP contribution in [-0.4, -0.2) is 0 Å². The van der Waals surface area contributed by atoms with Crippen molar-refractivity contribution < 1.29 is 0 Å². The van der Waals surface area contributed by atoms with Crippen LogP contribution in [0.25, 0.3) is 0 Å². The molecule has 0 spiro atoms. The quantitative estimate of drug-likeness (QED) is 0.585. The van der Waals surface area contributed by atoms with Gasteiger partial charge >= 0.3 is 0 Å². The van der Waals surface area contributed by atoms with Gasteiger partial charge in [0.1, 0.15) is 0 Å². The van der Waals surface area contributed by atoms with Crippen molar-refractivity contribution >= 4 is 0 Å². The summed E-state index contributed by atoms with van der Waals surface area (Å²) in [7, 11) is 0. The molecule has 0 unspecified atom stereocenters. The summed E-state index contributed by atoms with van der Waals surface area (Å²) in [5, 5.41) is 0. The number of allylic oxidation sites excluding steroid dienone is 2. The van der Waals surface area contributed by atoms with Crippen LogP contribution in [-0.2, 0) is 0 Å². The van der Waals surface area contributed by atoms with Crippen LogP contribution in [0.4, 0.5) is 0 Å². The van der Waals surface area contributed by atoms with Crippen LogP contribution in [0.3, 0.4) is 0 Å². The minimum Gasteiger partial charge on any atom is -0.0885 e. The van der Waals surface area contributed by atoms with Crippen molar-refractivity contribution in [2.45, 2.75) is 45.4 Å². The molecule has 0 saturated heterocycles. The van der Waals surface area contributed by atoms with Crippen molar-refractivity contribution in [1.29, 1.82) is 0 Å². The van der Waals surface area contributed by atoms with E-state index in [1.807, 2.05) is 0 Å². The highest BCUT2D eigenvalue weighted by molar-refractivity contribution is 5.35. The Balaban J connectivity index is 2.24. The highest BCUT2D eigenvalue weighted by atomic mass is 14.2. The predicted molar refractivity (Wildman–Crippen MR) is 66.3 cm³/mol. The van der Waals surface area contributed by atoms with E-state index in [4.69, 9.17) is 0 Å². The zero-order valence-corrected chi connectivity index (χ0v) is 9.79. The van der Waals surface area contributed by atoms with Crippen molar-refractivity contribution in [2.75, 3.05) is 0 Å². The van der Waals surface area contributed by atoms with Crippen molar-refractivity contribution in [3.8, 4) is 0 Å². The lowest BCUT2D eigenvalue weighted by atomic mass is 9.87. The molecule has 1 aromatic carbocycles. The van der Waals surface area contributed by atoms with E-state index in [0.29, 0.717) is 0 Å². The lowest BCUT2D eigenvalue weighted by molar-refractivity contribution is 0.600. The molecule has 0 N–H and O–H groups in total. The number of rotatable bonds is 1. The number of aryl methyl sites for hydroxylation is 1. The van der Waals surface area contributed by atoms with Gasteiger partial charge in [-0.1, -0.05) is 30.4 Å². The molecule has 0 atom stereocenters. The van der Waals surface area contributed by atoms with Crippen LogP contribution < -0.4 is 0 Å². The van der Waals surface area contributed by atoms with E-state index in [1.54, 1.807) is 5.56 Å². The van der Waals surface area contributed by atoms with E-state index in [1.165, 1.54) is 36.8 Å². The first kappa shape index (κ1) is 10.5. The minimum absolute atomic E-state index is 0.778. The van der Waals surface area contributed by atoms with Gasteiger partial charge < -0.3 is 0 Å². The average Bonchev–Trinajstić information content (AvgIpc) is 2.50. The van der Waals surface area contributed by atoms with Gasteiger partial charge in [-0.05, 0) is 62.1 Å². The Morgan fingerprint density at radius 3 is 2.33 bits per heavy atom. The molecular weight excluding hydrogens is 180 g/mol. The van der Waals surface area contributed by atoms with Crippen LogP contribution in [0.2, 0.25) is 0 Å². The molecule has 0 aromatic heterocycles. The third-order valence-electron chi connectivity index (χ3n) is 3.62. The zero-order valence-electron chi connectivity index (χ0n) is 9.79. The second-order valence-electron chi connectivity index (χ2n) is 4.61. The van der Waals surface area contributed by atoms with Crippen LogP contribution in [0.5, 0.6) is 0 Å². The first-order valence-electron chi connectivity index (χ1n) is 6.00. The molecule has 0 heteroatoms. The molecule has 15 heavy (non-hydrogen) atoms. The summed E-state index contributed by atoms with van der Waals surface area (Å²) in [6, 6.07) is 6.74. The molecule has 0 bridgehead atoms. The first-order valence-corrected chi connectivity index (χ1v) is 6.00. The van der Waals surface area contributed by atoms with Crippen molar-refractivity contribution in [3.63, 3.8) is 0 Å². The molecule has 0 saturated carbocycles. The van der Waals surface area contributed by atoms with E-state index in [0.717, 1.165) is 5.92 Å². The number of hydrogen-bond donors (Lipinski definition) is 0. The van der Waals surface area contributed by atoms with Gasteiger partial charge in [-0.3, -0.25) is 0 Å². The lowest BCUT2D eigenvalue weighted by Crippen LogP contribution is -2.01. The van der Waals surface area contributed by atoms with E-state index in [-0.39, 0.29) is 0 Å². The fourth-order valence-electron chi connectivity index (χ4n) is 2.50. The monoisotopic (exact) mass is 200 g/mol. The second kappa shape index (κ2) is 4.65. The molecule has 1 aliphatic rings. The maximum Gasteiger partial charge on any atom is -0.0153 e. The van der Waals surface area contributed by atoms with Gasteiger partial charge in [-0.15, -0.1) is 0 Å². The minimum atomic E-state index is 0.778. The van der Waals surface area contributed by atoms with Gasteiger partial charge in [0.25, 0.3) is 0 Å². The molecule has 0 radical (unpaired) electrons. The predicted octanol–water partition coefficient (Wildman–Crippen LogP) is 4.52. The van der Waals surface area contributed by atoms with Crippen LogP contribution >= 0.6 is 0 Å². The number of hydrogen-bond acceptors (Lipinski definition) is 0. The molecular formula is C15H20. The molecule has 80 valence electrons. The standard InChI is InChI=1S/C15H20/c1-12-8-7-11-15(13(12)2)14-9-5-3-4-6-10-14/h3-4,7-8,11,14H,5-6,9-10H2,1-2H3. The molecule has 0 aliphatic heterocycles. The lowest BCUT2D eigenvalue weighted by Gasteiger charge is -2.18. The Kier molecular flexibility index (Phi) is 3.25. The molecule has 1 aromatic rings. The van der Waals surface area contributed by atoms with Gasteiger partial charge in [0.2, 0.25) is 0 Å². The second-order valence-corrected chi connectivity index (χ2v) is 4.61. The van der Waals surface area contributed by atoms with E-state index >= 15 is 0 Å². The maximum absolute atomic E-state index is 2.34. The third-order valence-corrected chi connectivity index (χ3v) is 3.62. The smallest absolute Gasteiger partial charge is 0.0153 e. The Morgan fingerprint density at radius 2 is 1.67 bits per heavy atom. The van der Waals surface area contributed by atoms with Gasteiger partial charge in [0, 0.05) is 0 Å². The van der Waals surface area contributed by atoms with E-state index in [2.05, 4.69) is 44.2 Å². The zero-order chi connectivity index (χ0) is 10.7. The summed E-state index contributed by atoms with van der Waals surface area (Å²) in [5.74, 6) is 0.778. The van der Waals surface area contributed by atoms with Gasteiger partial charge in [-0.25, -0.2) is 0 Å². The fraction of sp³-hybridized carbons (Fsp3) is 0.467. The topological polar surface area (TPSA) is 0 Å². The van der Waals surface area contributed by atoms with Crippen LogP contribution in [0, 0.1) is 13.8 Å². The van der Waals surface area contributed by atoms with E-state index < -0.39 is 0 Å². The average molecular weight is 200 g/mol. The summed E-state index contributed by atoms with van der Waals surface area (Å²) in [4.78, 5) is 0. The Morgan fingerprint density at radius 1 is 1.00 bits per heavy atom. The molecule has 0 amide bonds. The maximum atomic E-state index is 2.34. The van der Waals surface area contributed by atoms with Gasteiger partial charge in [0.15, 0.2) is 0 Å². The first-order chi connectivity index (χ1) is 7.29. The summed E-state index contributed by atoms with van der Waals surface area (Å²) in [6.45, 7) is 4.48. The Bertz CT molecular complexity index is 350. The summed E-state index contributed by atoms with van der Waals surface area (Å²) in [5.41, 5.74) is 4.52. The summed E-state index contributed by atoms with van der Waals surface area (Å²) >= 11 is 0. The SMILES string of the molecule is Cc1cccc(C2CCC=CCC2)c1C. The Labute approximate surface area is 93.0 Å². The largest absolute Gasteiger partial charge is 0.0885 e. The normalized spacial score (nSPS) is 17.7. The van der Waals surface area contributed by atoms with Crippen molar-refractivity contribution in [1.82, 2.24) is 0 Å². The number of benzene rings is 1. The summed E-state index contributed by atoms with van der Waals surface area (Å²) < 4.78 is 0. The highest BCUT2D eigenvalue weighted by Gasteiger charge is 2.14. The van der Waals surface area contributed by atoms with Gasteiger partial charge in [-0.2, -0.15) is 0 Å². The van der Waals surface area contributed by atoms with Crippen molar-refractivity contribution in [3.05, 3.63) is 47.0 Å². The molecule has 0 fully saturated rings. The van der Waals surface area contributed by atoms with Gasteiger partial charge in [0.05, 0.1) is 0 Å². The van der Waals surface area contributed by atoms with Crippen molar-refractivity contribution in [2.24, 2.45) is 0 Å². The third kappa shape index (κ3) is 2.31. The molecule has 2 rings (SSSR count). The fourth-order valence-corrected chi connectivity index (χ4v) is 2.50. The van der Waals surface area contributed by atoms with Crippen LogP contribution in [0.15, 0.2) is 30.4 Å². The summed E-state index contributed by atoms with van der Waals surface area (Å²) in [6.07, 6.45) is 9.81. The molecule has 1 aliphatic carbocycles. The van der Waals surface area contributed by atoms with Crippen LogP contribution in [0.1, 0.15) is 48.3 Å².